The van der Waals surface area contributed by atoms with Crippen molar-refractivity contribution in [3.63, 3.8) is 0 Å². The molecular formula is C18H22N2O. The summed E-state index contributed by atoms with van der Waals surface area (Å²) in [6.07, 6.45) is 3.02. The summed E-state index contributed by atoms with van der Waals surface area (Å²) in [7, 11) is 0. The molecule has 0 aliphatic heterocycles. The Kier molecular flexibility index (Phi) is 3.82. The van der Waals surface area contributed by atoms with Crippen molar-refractivity contribution in [2.75, 3.05) is 6.54 Å². The second kappa shape index (κ2) is 5.76. The molecule has 2 aromatic rings. The minimum Gasteiger partial charge on any atom is -0.356 e. The lowest BCUT2D eigenvalue weighted by atomic mass is 10.2. The van der Waals surface area contributed by atoms with E-state index in [0.717, 1.165) is 25.8 Å². The Morgan fingerprint density at radius 2 is 1.95 bits per heavy atom. The summed E-state index contributed by atoms with van der Waals surface area (Å²) in [5.74, 6) is 0.522. The van der Waals surface area contributed by atoms with Crippen LogP contribution in [0.2, 0.25) is 0 Å². The van der Waals surface area contributed by atoms with Crippen LogP contribution in [-0.4, -0.2) is 17.0 Å². The van der Waals surface area contributed by atoms with E-state index in [9.17, 15) is 4.79 Å². The van der Waals surface area contributed by atoms with Gasteiger partial charge in [0.2, 0.25) is 5.91 Å². The van der Waals surface area contributed by atoms with Gasteiger partial charge < -0.3 is 9.88 Å². The van der Waals surface area contributed by atoms with Gasteiger partial charge >= 0.3 is 0 Å². The molecule has 1 heterocycles. The number of amides is 1. The number of hydrogen-bond acceptors (Lipinski definition) is 1. The lowest BCUT2D eigenvalue weighted by molar-refractivity contribution is -0.122. The van der Waals surface area contributed by atoms with Crippen molar-refractivity contribution in [3.05, 3.63) is 53.3 Å². The van der Waals surface area contributed by atoms with Crippen LogP contribution in [0.5, 0.6) is 0 Å². The molecule has 0 bridgehead atoms. The molecule has 1 amide bonds. The van der Waals surface area contributed by atoms with Gasteiger partial charge in [0.05, 0.1) is 0 Å². The second-order valence-electron chi connectivity index (χ2n) is 5.88. The van der Waals surface area contributed by atoms with E-state index in [-0.39, 0.29) is 5.91 Å². The lowest BCUT2D eigenvalue weighted by Crippen LogP contribution is -2.27. The number of nitrogens with one attached hydrogen (secondary N) is 1. The van der Waals surface area contributed by atoms with Crippen LogP contribution in [0.1, 0.15) is 29.8 Å². The molecule has 0 saturated heterocycles. The van der Waals surface area contributed by atoms with E-state index in [4.69, 9.17) is 0 Å². The molecule has 1 aliphatic rings. The van der Waals surface area contributed by atoms with Crippen molar-refractivity contribution in [2.24, 2.45) is 5.92 Å². The van der Waals surface area contributed by atoms with Crippen LogP contribution in [0.15, 0.2) is 36.4 Å². The molecule has 0 unspecified atom stereocenters. The molecule has 1 fully saturated rings. The van der Waals surface area contributed by atoms with Gasteiger partial charge in [0, 0.05) is 29.5 Å². The molecule has 0 atom stereocenters. The van der Waals surface area contributed by atoms with E-state index in [2.05, 4.69) is 54.1 Å². The predicted octanol–water partition coefficient (Wildman–Crippen LogP) is 3.16. The number of para-hydroxylation sites is 1. The monoisotopic (exact) mass is 282 g/mol. The first-order chi connectivity index (χ1) is 10.2. The Labute approximate surface area is 126 Å². The van der Waals surface area contributed by atoms with Crippen LogP contribution >= 0.6 is 0 Å². The van der Waals surface area contributed by atoms with Crippen molar-refractivity contribution in [1.82, 2.24) is 9.88 Å². The molecular weight excluding hydrogens is 260 g/mol. The van der Waals surface area contributed by atoms with Gasteiger partial charge in [-0.05, 0) is 56.9 Å². The normalized spacial score (nSPS) is 14.2. The maximum absolute atomic E-state index is 11.7. The van der Waals surface area contributed by atoms with Gasteiger partial charge in [0.1, 0.15) is 0 Å². The smallest absolute Gasteiger partial charge is 0.223 e. The first-order valence-electron chi connectivity index (χ1n) is 7.68. The molecule has 1 saturated carbocycles. The highest BCUT2D eigenvalue weighted by molar-refractivity contribution is 5.80. The average molecular weight is 282 g/mol. The number of aromatic nitrogens is 1. The summed E-state index contributed by atoms with van der Waals surface area (Å²) in [6, 6.07) is 12.6. The van der Waals surface area contributed by atoms with E-state index >= 15 is 0 Å². The van der Waals surface area contributed by atoms with Crippen LogP contribution in [0.25, 0.3) is 5.69 Å². The second-order valence-corrected chi connectivity index (χ2v) is 5.88. The Bertz CT molecular complexity index is 639. The quantitative estimate of drug-likeness (QED) is 0.898. The van der Waals surface area contributed by atoms with Gasteiger partial charge in [-0.25, -0.2) is 0 Å². The fourth-order valence-corrected chi connectivity index (χ4v) is 2.87. The van der Waals surface area contributed by atoms with Crippen LogP contribution < -0.4 is 5.32 Å². The number of benzene rings is 1. The highest BCUT2D eigenvalue weighted by Crippen LogP contribution is 2.28. The third-order valence-corrected chi connectivity index (χ3v) is 4.19. The zero-order valence-electron chi connectivity index (χ0n) is 12.7. The number of carbonyl (C=O) groups is 1. The number of hydrogen-bond donors (Lipinski definition) is 1. The molecule has 3 rings (SSSR count). The SMILES string of the molecule is Cc1cc(CCNC(=O)C2CC2)c(C)n1-c1ccccc1. The van der Waals surface area contributed by atoms with Crippen molar-refractivity contribution >= 4 is 5.91 Å². The van der Waals surface area contributed by atoms with Crippen LogP contribution in [0, 0.1) is 19.8 Å². The molecule has 1 aromatic heterocycles. The molecule has 3 nitrogen and oxygen atoms in total. The fourth-order valence-electron chi connectivity index (χ4n) is 2.87. The maximum Gasteiger partial charge on any atom is 0.223 e. The molecule has 0 radical (unpaired) electrons. The Balaban J connectivity index is 1.70. The summed E-state index contributed by atoms with van der Waals surface area (Å²) >= 11 is 0. The summed E-state index contributed by atoms with van der Waals surface area (Å²) in [5, 5.41) is 3.04. The molecule has 1 aliphatic carbocycles. The molecule has 3 heteroatoms. The van der Waals surface area contributed by atoms with E-state index in [1.807, 2.05) is 6.07 Å². The van der Waals surface area contributed by atoms with Gasteiger partial charge in [-0.2, -0.15) is 0 Å². The first-order valence-corrected chi connectivity index (χ1v) is 7.68. The Morgan fingerprint density at radius 1 is 1.24 bits per heavy atom. The highest BCUT2D eigenvalue weighted by atomic mass is 16.2. The van der Waals surface area contributed by atoms with E-state index in [1.54, 1.807) is 0 Å². The fraction of sp³-hybridized carbons (Fsp3) is 0.389. The molecule has 0 spiro atoms. The third-order valence-electron chi connectivity index (χ3n) is 4.19. The Hall–Kier alpha value is -2.03. The van der Waals surface area contributed by atoms with Crippen LogP contribution in [0.3, 0.4) is 0 Å². The number of carbonyl (C=O) groups excluding carboxylic acids is 1. The van der Waals surface area contributed by atoms with Gasteiger partial charge in [0.15, 0.2) is 0 Å². The summed E-state index contributed by atoms with van der Waals surface area (Å²) in [5.41, 5.74) is 5.01. The standard InChI is InChI=1S/C18H22N2O/c1-13-12-16(10-11-19-18(21)15-8-9-15)14(2)20(13)17-6-4-3-5-7-17/h3-7,12,15H,8-11H2,1-2H3,(H,19,21). The minimum atomic E-state index is 0.229. The van der Waals surface area contributed by atoms with E-state index in [0.29, 0.717) is 5.92 Å². The van der Waals surface area contributed by atoms with Crippen LogP contribution in [0.4, 0.5) is 0 Å². The van der Waals surface area contributed by atoms with E-state index in [1.165, 1.54) is 22.6 Å². The minimum absolute atomic E-state index is 0.229. The first kappa shape index (κ1) is 13.9. The van der Waals surface area contributed by atoms with Crippen molar-refractivity contribution in [1.29, 1.82) is 0 Å². The van der Waals surface area contributed by atoms with Crippen LogP contribution in [-0.2, 0) is 11.2 Å². The topological polar surface area (TPSA) is 34.0 Å². The summed E-state index contributed by atoms with van der Waals surface area (Å²) < 4.78 is 2.28. The molecule has 21 heavy (non-hydrogen) atoms. The summed E-state index contributed by atoms with van der Waals surface area (Å²) in [6.45, 7) is 5.01. The third kappa shape index (κ3) is 3.02. The average Bonchev–Trinajstić information content (AvgIpc) is 3.28. The predicted molar refractivity (Wildman–Crippen MR) is 84.7 cm³/mol. The number of nitrogens with zero attached hydrogens (tertiary/aromatic N) is 1. The summed E-state index contributed by atoms with van der Waals surface area (Å²) in [4.78, 5) is 11.7. The number of aryl methyl sites for hydroxylation is 1. The maximum atomic E-state index is 11.7. The van der Waals surface area contributed by atoms with Gasteiger partial charge in [-0.1, -0.05) is 18.2 Å². The number of rotatable bonds is 5. The van der Waals surface area contributed by atoms with Gasteiger partial charge in [-0.15, -0.1) is 0 Å². The molecule has 1 aromatic carbocycles. The lowest BCUT2D eigenvalue weighted by Gasteiger charge is -2.10. The van der Waals surface area contributed by atoms with Gasteiger partial charge in [0.25, 0.3) is 0 Å². The van der Waals surface area contributed by atoms with Crippen molar-refractivity contribution < 1.29 is 4.79 Å². The van der Waals surface area contributed by atoms with E-state index < -0.39 is 0 Å². The molecule has 1 N–H and O–H groups in total. The zero-order valence-corrected chi connectivity index (χ0v) is 12.7. The highest BCUT2D eigenvalue weighted by Gasteiger charge is 2.29. The van der Waals surface area contributed by atoms with Gasteiger partial charge in [-0.3, -0.25) is 4.79 Å². The van der Waals surface area contributed by atoms with Crippen molar-refractivity contribution in [3.8, 4) is 5.69 Å². The molecule has 110 valence electrons. The largest absolute Gasteiger partial charge is 0.356 e. The Morgan fingerprint density at radius 3 is 2.62 bits per heavy atom. The zero-order chi connectivity index (χ0) is 14.8. The van der Waals surface area contributed by atoms with Crippen molar-refractivity contribution in [2.45, 2.75) is 33.1 Å².